The average Bonchev–Trinajstić information content (AvgIpc) is 3.32. The van der Waals surface area contributed by atoms with Gasteiger partial charge in [-0.1, -0.05) is 0 Å². The zero-order chi connectivity index (χ0) is 18.7. The first-order valence-electron chi connectivity index (χ1n) is 8.33. The highest BCUT2D eigenvalue weighted by Gasteiger charge is 2.32. The Morgan fingerprint density at radius 2 is 2.04 bits per heavy atom. The van der Waals surface area contributed by atoms with Gasteiger partial charge < -0.3 is 25.3 Å². The van der Waals surface area contributed by atoms with Gasteiger partial charge in [0.25, 0.3) is 17.7 Å². The third-order valence-electron chi connectivity index (χ3n) is 4.60. The molecule has 138 valence electrons. The Balaban J connectivity index is 1.55. The summed E-state index contributed by atoms with van der Waals surface area (Å²) in [5.74, 6) is -0.533. The van der Waals surface area contributed by atoms with Gasteiger partial charge in [0.05, 0.1) is 38.0 Å². The van der Waals surface area contributed by atoms with Gasteiger partial charge in [-0.25, -0.2) is 0 Å². The topological polar surface area (TPSA) is 110 Å². The first-order chi connectivity index (χ1) is 12.5. The minimum absolute atomic E-state index is 0.129. The molecule has 2 aromatic heterocycles. The summed E-state index contributed by atoms with van der Waals surface area (Å²) < 4.78 is 5.15. The molecule has 0 radical (unpaired) electrons. The number of amides is 3. The van der Waals surface area contributed by atoms with Crippen LogP contribution in [0.3, 0.4) is 0 Å². The minimum Gasteiger partial charge on any atom is -0.459 e. The monoisotopic (exact) mass is 377 g/mol. The molecule has 8 nitrogen and oxygen atoms in total. The Labute approximate surface area is 154 Å². The normalized spacial score (nSPS) is 16.3. The number of nitrogens with zero attached hydrogens (tertiary/aromatic N) is 1. The molecule has 3 rings (SSSR count). The summed E-state index contributed by atoms with van der Waals surface area (Å²) in [6, 6.07) is 4.62. The van der Waals surface area contributed by atoms with Crippen LogP contribution >= 0.6 is 11.3 Å². The Morgan fingerprint density at radius 1 is 1.31 bits per heavy atom. The zero-order valence-electron chi connectivity index (χ0n) is 14.4. The molecule has 1 aliphatic rings. The first kappa shape index (κ1) is 18.2. The number of carbonyl (C=O) groups is 3. The molecule has 26 heavy (non-hydrogen) atoms. The van der Waals surface area contributed by atoms with E-state index in [1.54, 1.807) is 28.5 Å². The van der Waals surface area contributed by atoms with E-state index in [2.05, 4.69) is 5.32 Å². The van der Waals surface area contributed by atoms with E-state index in [1.165, 1.54) is 17.6 Å². The van der Waals surface area contributed by atoms with Crippen LogP contribution in [0.15, 0.2) is 34.3 Å². The van der Waals surface area contributed by atoms with Crippen molar-refractivity contribution in [3.63, 3.8) is 0 Å². The lowest BCUT2D eigenvalue weighted by atomic mass is 10.2. The SMILES string of the molecule is C[C@@H](C(=O)Nc1sccc1C(N)=O)[NH+]1CCN(C(=O)c2ccco2)CC1. The van der Waals surface area contributed by atoms with E-state index in [9.17, 15) is 14.4 Å². The van der Waals surface area contributed by atoms with Crippen LogP contribution in [0.5, 0.6) is 0 Å². The fraction of sp³-hybridized carbons (Fsp3) is 0.353. The molecule has 1 aliphatic heterocycles. The third kappa shape index (κ3) is 3.78. The summed E-state index contributed by atoms with van der Waals surface area (Å²) in [4.78, 5) is 39.0. The van der Waals surface area contributed by atoms with Crippen molar-refractivity contribution < 1.29 is 23.7 Å². The molecule has 0 aromatic carbocycles. The Morgan fingerprint density at radius 3 is 2.65 bits per heavy atom. The van der Waals surface area contributed by atoms with E-state index in [0.717, 1.165) is 4.90 Å². The zero-order valence-corrected chi connectivity index (χ0v) is 15.2. The predicted octanol–water partition coefficient (Wildman–Crippen LogP) is -0.192. The molecule has 3 amide bonds. The molecule has 0 unspecified atom stereocenters. The maximum atomic E-state index is 12.5. The molecule has 9 heteroatoms. The molecular formula is C17H21N4O4S+. The van der Waals surface area contributed by atoms with Crippen LogP contribution in [0.4, 0.5) is 5.00 Å². The van der Waals surface area contributed by atoms with Crippen molar-refractivity contribution >= 4 is 34.1 Å². The highest BCUT2D eigenvalue weighted by atomic mass is 32.1. The summed E-state index contributed by atoms with van der Waals surface area (Å²) in [6.45, 7) is 4.27. The van der Waals surface area contributed by atoms with Gasteiger partial charge in [-0.05, 0) is 30.5 Å². The van der Waals surface area contributed by atoms with Gasteiger partial charge in [0.2, 0.25) is 0 Å². The maximum Gasteiger partial charge on any atom is 0.289 e. The van der Waals surface area contributed by atoms with E-state index >= 15 is 0 Å². The van der Waals surface area contributed by atoms with E-state index in [4.69, 9.17) is 10.2 Å². The number of carbonyl (C=O) groups excluding carboxylic acids is 3. The van der Waals surface area contributed by atoms with Crippen molar-refractivity contribution in [3.05, 3.63) is 41.2 Å². The second kappa shape index (κ2) is 7.71. The van der Waals surface area contributed by atoms with Crippen LogP contribution in [-0.4, -0.2) is 54.8 Å². The number of nitrogens with one attached hydrogen (secondary N) is 2. The van der Waals surface area contributed by atoms with Crippen molar-refractivity contribution in [1.29, 1.82) is 0 Å². The van der Waals surface area contributed by atoms with Crippen LogP contribution in [-0.2, 0) is 4.79 Å². The van der Waals surface area contributed by atoms with Crippen LogP contribution in [0.1, 0.15) is 27.8 Å². The van der Waals surface area contributed by atoms with E-state index < -0.39 is 5.91 Å². The summed E-state index contributed by atoms with van der Waals surface area (Å²) in [5, 5.41) is 4.97. The lowest BCUT2D eigenvalue weighted by Crippen LogP contribution is -3.19. The number of nitrogens with two attached hydrogens (primary N) is 1. The highest BCUT2D eigenvalue weighted by molar-refractivity contribution is 7.14. The number of hydrogen-bond acceptors (Lipinski definition) is 5. The van der Waals surface area contributed by atoms with E-state index in [0.29, 0.717) is 42.5 Å². The molecule has 1 saturated heterocycles. The predicted molar refractivity (Wildman–Crippen MR) is 96.2 cm³/mol. The Bertz CT molecular complexity index is 794. The molecule has 1 fully saturated rings. The molecule has 2 aromatic rings. The number of anilines is 1. The number of rotatable bonds is 5. The van der Waals surface area contributed by atoms with Crippen molar-refractivity contribution in [1.82, 2.24) is 4.90 Å². The quantitative estimate of drug-likeness (QED) is 0.671. The van der Waals surface area contributed by atoms with E-state index in [-0.39, 0.29) is 17.9 Å². The van der Waals surface area contributed by atoms with Crippen molar-refractivity contribution in [2.75, 3.05) is 31.5 Å². The lowest BCUT2D eigenvalue weighted by Gasteiger charge is -2.34. The van der Waals surface area contributed by atoms with E-state index in [1.807, 2.05) is 6.92 Å². The number of hydrogen-bond donors (Lipinski definition) is 3. The summed E-state index contributed by atoms with van der Waals surface area (Å²) in [7, 11) is 0. The van der Waals surface area contributed by atoms with Gasteiger partial charge >= 0.3 is 0 Å². The lowest BCUT2D eigenvalue weighted by molar-refractivity contribution is -0.917. The van der Waals surface area contributed by atoms with Gasteiger partial charge in [-0.15, -0.1) is 11.3 Å². The van der Waals surface area contributed by atoms with Gasteiger partial charge in [0.1, 0.15) is 5.00 Å². The molecule has 0 bridgehead atoms. The molecule has 0 spiro atoms. The largest absolute Gasteiger partial charge is 0.459 e. The van der Waals surface area contributed by atoms with Crippen molar-refractivity contribution in [2.24, 2.45) is 5.73 Å². The Kier molecular flexibility index (Phi) is 5.38. The van der Waals surface area contributed by atoms with Gasteiger partial charge in [-0.3, -0.25) is 14.4 Å². The smallest absolute Gasteiger partial charge is 0.289 e. The molecular weight excluding hydrogens is 356 g/mol. The average molecular weight is 377 g/mol. The van der Waals surface area contributed by atoms with Crippen LogP contribution in [0.25, 0.3) is 0 Å². The van der Waals surface area contributed by atoms with Gasteiger partial charge in [0.15, 0.2) is 11.8 Å². The second-order valence-electron chi connectivity index (χ2n) is 6.17. The fourth-order valence-corrected chi connectivity index (χ4v) is 3.79. The molecule has 3 heterocycles. The molecule has 1 atom stereocenters. The third-order valence-corrected chi connectivity index (χ3v) is 5.43. The highest BCUT2D eigenvalue weighted by Crippen LogP contribution is 2.22. The van der Waals surface area contributed by atoms with Gasteiger partial charge in [-0.2, -0.15) is 0 Å². The van der Waals surface area contributed by atoms with Crippen LogP contribution in [0, 0.1) is 0 Å². The standard InChI is InChI=1S/C17H20N4O4S/c1-11(15(23)19-16-12(14(18)22)4-10-26-16)20-5-7-21(8-6-20)17(24)13-3-2-9-25-13/h2-4,9-11H,5-8H2,1H3,(H2,18,22)(H,19,23)/p+1/t11-/m0/s1. The van der Waals surface area contributed by atoms with Gasteiger partial charge in [0, 0.05) is 0 Å². The number of piperazine rings is 1. The summed E-state index contributed by atoms with van der Waals surface area (Å²) >= 11 is 1.27. The summed E-state index contributed by atoms with van der Waals surface area (Å²) in [5.41, 5.74) is 5.62. The van der Waals surface area contributed by atoms with Crippen LogP contribution in [0.2, 0.25) is 0 Å². The number of quaternary nitrogens is 1. The second-order valence-corrected chi connectivity index (χ2v) is 7.08. The number of furan rings is 1. The summed E-state index contributed by atoms with van der Waals surface area (Å²) in [6.07, 6.45) is 1.48. The Hall–Kier alpha value is -2.65. The van der Waals surface area contributed by atoms with Crippen molar-refractivity contribution in [3.8, 4) is 0 Å². The number of thiophene rings is 1. The van der Waals surface area contributed by atoms with Crippen LogP contribution < -0.4 is 16.0 Å². The fourth-order valence-electron chi connectivity index (χ4n) is 2.99. The minimum atomic E-state index is -0.563. The maximum absolute atomic E-state index is 12.5. The first-order valence-corrected chi connectivity index (χ1v) is 9.21. The van der Waals surface area contributed by atoms with Crippen molar-refractivity contribution in [2.45, 2.75) is 13.0 Å². The molecule has 0 aliphatic carbocycles. The molecule has 4 N–H and O–H groups in total. The molecule has 0 saturated carbocycles. The number of primary amides is 1.